The fourth-order valence-corrected chi connectivity index (χ4v) is 3.58. The Bertz CT molecular complexity index is 574. The second-order valence-corrected chi connectivity index (χ2v) is 7.21. The summed E-state index contributed by atoms with van der Waals surface area (Å²) in [5.74, 6) is 0.648. The third kappa shape index (κ3) is 3.74. The maximum absolute atomic E-state index is 12.5. The van der Waals surface area contributed by atoms with Crippen molar-refractivity contribution in [3.8, 4) is 0 Å². The number of rotatable bonds is 3. The Morgan fingerprint density at radius 3 is 2.43 bits per heavy atom. The highest BCUT2D eigenvalue weighted by Gasteiger charge is 2.36. The van der Waals surface area contributed by atoms with Crippen molar-refractivity contribution in [2.45, 2.75) is 52.0 Å². The van der Waals surface area contributed by atoms with Crippen LogP contribution in [-0.2, 0) is 9.59 Å². The smallest absolute Gasteiger partial charge is 0.227 e. The number of hydrogen-bond acceptors (Lipinski definition) is 2. The number of benzene rings is 1. The second-order valence-electron chi connectivity index (χ2n) is 7.21. The summed E-state index contributed by atoms with van der Waals surface area (Å²) in [6, 6.07) is 8.20. The highest BCUT2D eigenvalue weighted by Crippen LogP contribution is 2.27. The van der Waals surface area contributed by atoms with E-state index in [2.05, 4.69) is 12.2 Å². The minimum atomic E-state index is -0.219. The van der Waals surface area contributed by atoms with Gasteiger partial charge in [-0.25, -0.2) is 0 Å². The molecule has 1 atom stereocenters. The molecule has 0 spiro atoms. The van der Waals surface area contributed by atoms with Gasteiger partial charge in [-0.3, -0.25) is 9.59 Å². The van der Waals surface area contributed by atoms with E-state index < -0.39 is 0 Å². The van der Waals surface area contributed by atoms with Crippen LogP contribution in [0.25, 0.3) is 0 Å². The van der Waals surface area contributed by atoms with Crippen LogP contribution in [0.3, 0.4) is 0 Å². The van der Waals surface area contributed by atoms with Gasteiger partial charge in [0, 0.05) is 24.7 Å². The first-order chi connectivity index (χ1) is 11.0. The van der Waals surface area contributed by atoms with E-state index in [0.717, 1.165) is 24.4 Å². The lowest BCUT2D eigenvalue weighted by atomic mass is 9.87. The molecule has 1 aromatic rings. The van der Waals surface area contributed by atoms with Crippen molar-refractivity contribution in [1.29, 1.82) is 0 Å². The Balaban J connectivity index is 1.58. The molecule has 0 radical (unpaired) electrons. The van der Waals surface area contributed by atoms with Crippen LogP contribution in [0.5, 0.6) is 0 Å². The highest BCUT2D eigenvalue weighted by molar-refractivity contribution is 6.00. The number of carbonyl (C=O) groups excluding carboxylic acids is 2. The number of amides is 2. The van der Waals surface area contributed by atoms with E-state index in [0.29, 0.717) is 19.0 Å². The fourth-order valence-electron chi connectivity index (χ4n) is 3.58. The number of nitrogens with one attached hydrogen (secondary N) is 1. The van der Waals surface area contributed by atoms with E-state index in [1.807, 2.05) is 31.2 Å². The number of carbonyl (C=O) groups is 2. The van der Waals surface area contributed by atoms with E-state index in [1.165, 1.54) is 18.4 Å². The molecule has 1 saturated heterocycles. The molecular weight excluding hydrogens is 288 g/mol. The van der Waals surface area contributed by atoms with Gasteiger partial charge in [0.05, 0.1) is 5.92 Å². The van der Waals surface area contributed by atoms with E-state index in [9.17, 15) is 9.59 Å². The van der Waals surface area contributed by atoms with Gasteiger partial charge in [0.1, 0.15) is 0 Å². The van der Waals surface area contributed by atoms with Gasteiger partial charge in [-0.05, 0) is 50.7 Å². The van der Waals surface area contributed by atoms with Crippen LogP contribution in [-0.4, -0.2) is 24.4 Å². The van der Waals surface area contributed by atoms with E-state index >= 15 is 0 Å². The zero-order chi connectivity index (χ0) is 16.4. The summed E-state index contributed by atoms with van der Waals surface area (Å²) >= 11 is 0. The summed E-state index contributed by atoms with van der Waals surface area (Å²) in [6.45, 7) is 4.79. The molecule has 1 N–H and O–H groups in total. The van der Waals surface area contributed by atoms with Gasteiger partial charge in [-0.1, -0.05) is 24.6 Å². The zero-order valence-electron chi connectivity index (χ0n) is 14.0. The maximum atomic E-state index is 12.5. The lowest BCUT2D eigenvalue weighted by molar-refractivity contribution is -0.127. The minimum Gasteiger partial charge on any atom is -0.353 e. The van der Waals surface area contributed by atoms with Crippen LogP contribution in [0.1, 0.15) is 44.6 Å². The van der Waals surface area contributed by atoms with Gasteiger partial charge < -0.3 is 10.2 Å². The fraction of sp³-hybridized carbons (Fsp3) is 0.579. The predicted octanol–water partition coefficient (Wildman–Crippen LogP) is 3.04. The van der Waals surface area contributed by atoms with Crippen LogP contribution in [0.4, 0.5) is 5.69 Å². The zero-order valence-corrected chi connectivity index (χ0v) is 14.0. The van der Waals surface area contributed by atoms with Crippen molar-refractivity contribution in [3.63, 3.8) is 0 Å². The molecular formula is C19H26N2O2. The van der Waals surface area contributed by atoms with E-state index in [-0.39, 0.29) is 17.7 Å². The summed E-state index contributed by atoms with van der Waals surface area (Å²) in [4.78, 5) is 26.5. The Labute approximate surface area is 138 Å². The third-order valence-electron chi connectivity index (χ3n) is 5.20. The SMILES string of the molecule is Cc1ccc(N2C[C@H](C(=O)NC3CCC(C)CC3)CC2=O)cc1. The van der Waals surface area contributed by atoms with Gasteiger partial charge in [0.25, 0.3) is 0 Å². The third-order valence-corrected chi connectivity index (χ3v) is 5.20. The second kappa shape index (κ2) is 6.73. The first-order valence-electron chi connectivity index (χ1n) is 8.70. The molecule has 0 unspecified atom stereocenters. The number of hydrogen-bond donors (Lipinski definition) is 1. The standard InChI is InChI=1S/C19H26N2O2/c1-13-3-7-16(8-4-13)20-19(23)15-11-18(22)21(12-15)17-9-5-14(2)6-10-17/h5-6,9-10,13,15-16H,3-4,7-8,11-12H2,1-2H3,(H,20,23)/t13?,15-,16?/m1/s1. The van der Waals surface area contributed by atoms with Gasteiger partial charge >= 0.3 is 0 Å². The number of aryl methyl sites for hydroxylation is 1. The lowest BCUT2D eigenvalue weighted by Crippen LogP contribution is -2.41. The molecule has 4 heteroatoms. The molecule has 1 heterocycles. The molecule has 124 valence electrons. The monoisotopic (exact) mass is 314 g/mol. The van der Waals surface area contributed by atoms with E-state index in [1.54, 1.807) is 4.90 Å². The van der Waals surface area contributed by atoms with Crippen LogP contribution in [0, 0.1) is 18.8 Å². The predicted molar refractivity (Wildman–Crippen MR) is 91.2 cm³/mol. The molecule has 3 rings (SSSR count). The van der Waals surface area contributed by atoms with E-state index in [4.69, 9.17) is 0 Å². The summed E-state index contributed by atoms with van der Waals surface area (Å²) in [7, 11) is 0. The van der Waals surface area contributed by atoms with Crippen molar-refractivity contribution >= 4 is 17.5 Å². The van der Waals surface area contributed by atoms with Crippen LogP contribution < -0.4 is 10.2 Å². The van der Waals surface area contributed by atoms with Crippen molar-refractivity contribution in [3.05, 3.63) is 29.8 Å². The molecule has 1 aliphatic heterocycles. The van der Waals surface area contributed by atoms with Gasteiger partial charge in [0.15, 0.2) is 0 Å². The summed E-state index contributed by atoms with van der Waals surface area (Å²) in [5.41, 5.74) is 2.06. The molecule has 1 aliphatic carbocycles. The minimum absolute atomic E-state index is 0.0475. The number of anilines is 1. The van der Waals surface area contributed by atoms with Crippen molar-refractivity contribution in [2.75, 3.05) is 11.4 Å². The van der Waals surface area contributed by atoms with Gasteiger partial charge in [0.2, 0.25) is 11.8 Å². The van der Waals surface area contributed by atoms with Crippen LogP contribution in [0.2, 0.25) is 0 Å². The molecule has 0 bridgehead atoms. The number of nitrogens with zero attached hydrogens (tertiary/aromatic N) is 1. The molecule has 4 nitrogen and oxygen atoms in total. The van der Waals surface area contributed by atoms with Crippen LogP contribution in [0.15, 0.2) is 24.3 Å². The molecule has 1 saturated carbocycles. The molecule has 2 aliphatic rings. The topological polar surface area (TPSA) is 49.4 Å². The maximum Gasteiger partial charge on any atom is 0.227 e. The first kappa shape index (κ1) is 16.0. The molecule has 2 amide bonds. The molecule has 23 heavy (non-hydrogen) atoms. The summed E-state index contributed by atoms with van der Waals surface area (Å²) in [5, 5.41) is 3.17. The Morgan fingerprint density at radius 1 is 1.13 bits per heavy atom. The average molecular weight is 314 g/mol. The van der Waals surface area contributed by atoms with Crippen molar-refractivity contribution in [1.82, 2.24) is 5.32 Å². The first-order valence-corrected chi connectivity index (χ1v) is 8.70. The average Bonchev–Trinajstić information content (AvgIpc) is 2.92. The normalized spacial score (nSPS) is 28.0. The summed E-state index contributed by atoms with van der Waals surface area (Å²) < 4.78 is 0. The lowest BCUT2D eigenvalue weighted by Gasteiger charge is -2.27. The molecule has 2 fully saturated rings. The highest BCUT2D eigenvalue weighted by atomic mass is 16.2. The summed E-state index contributed by atoms with van der Waals surface area (Å²) in [6.07, 6.45) is 4.82. The van der Waals surface area contributed by atoms with Gasteiger partial charge in [-0.15, -0.1) is 0 Å². The Kier molecular flexibility index (Phi) is 4.69. The largest absolute Gasteiger partial charge is 0.353 e. The molecule has 0 aromatic heterocycles. The quantitative estimate of drug-likeness (QED) is 0.932. The van der Waals surface area contributed by atoms with Crippen molar-refractivity contribution in [2.24, 2.45) is 11.8 Å². The van der Waals surface area contributed by atoms with Crippen molar-refractivity contribution < 1.29 is 9.59 Å². The Hall–Kier alpha value is -1.84. The molecule has 1 aromatic carbocycles. The van der Waals surface area contributed by atoms with Gasteiger partial charge in [-0.2, -0.15) is 0 Å². The Morgan fingerprint density at radius 2 is 1.78 bits per heavy atom. The van der Waals surface area contributed by atoms with Crippen LogP contribution >= 0.6 is 0 Å².